The molecule has 0 fully saturated rings. The normalized spacial score (nSPS) is 14.8. The van der Waals surface area contributed by atoms with Gasteiger partial charge in [-0.05, 0) is 54.7 Å². The first-order chi connectivity index (χ1) is 8.51. The van der Waals surface area contributed by atoms with Crippen molar-refractivity contribution in [3.8, 4) is 0 Å². The van der Waals surface area contributed by atoms with Crippen LogP contribution in [0.1, 0.15) is 39.2 Å². The van der Waals surface area contributed by atoms with Gasteiger partial charge in [0.1, 0.15) is 0 Å². The molecule has 0 aliphatic heterocycles. The number of halogens is 2. The number of rotatable bonds is 7. The van der Waals surface area contributed by atoms with Gasteiger partial charge in [-0.25, -0.2) is 0 Å². The Labute approximate surface area is 125 Å². The van der Waals surface area contributed by atoms with Crippen molar-refractivity contribution < 1.29 is 0 Å². The van der Waals surface area contributed by atoms with Crippen molar-refractivity contribution in [2.24, 2.45) is 17.8 Å². The van der Waals surface area contributed by atoms with Crippen LogP contribution in [0.2, 0.25) is 5.02 Å². The van der Waals surface area contributed by atoms with E-state index < -0.39 is 0 Å². The smallest absolute Gasteiger partial charge is 0.0408 e. The Hall–Kier alpha value is -0.0100. The summed E-state index contributed by atoms with van der Waals surface area (Å²) in [7, 11) is 0. The van der Waals surface area contributed by atoms with Gasteiger partial charge in [0.05, 0.1) is 0 Å². The summed E-state index contributed by atoms with van der Waals surface area (Å²) in [6.45, 7) is 6.97. The molecule has 0 bridgehead atoms. The molecule has 0 radical (unpaired) electrons. The average Bonchev–Trinajstić information content (AvgIpc) is 2.27. The zero-order valence-electron chi connectivity index (χ0n) is 11.6. The predicted octanol–water partition coefficient (Wildman–Crippen LogP) is 5.97. The molecule has 2 unspecified atom stereocenters. The zero-order valence-corrected chi connectivity index (χ0v) is 14.0. The molecular weight excluding hydrogens is 308 g/mol. The van der Waals surface area contributed by atoms with Gasteiger partial charge in [-0.2, -0.15) is 0 Å². The summed E-state index contributed by atoms with van der Waals surface area (Å²) in [5.41, 5.74) is 1.35. The molecule has 2 atom stereocenters. The SMILES string of the molecule is CC(C)CC(C)CC(CBr)Cc1cccc(Cl)c1. The second kappa shape index (κ2) is 8.22. The topological polar surface area (TPSA) is 0 Å². The number of hydrogen-bond acceptors (Lipinski definition) is 0. The molecule has 2 heteroatoms. The van der Waals surface area contributed by atoms with Crippen LogP contribution in [0, 0.1) is 17.8 Å². The molecular formula is C16H24BrCl. The van der Waals surface area contributed by atoms with Crippen LogP contribution in [0.3, 0.4) is 0 Å². The Kier molecular flexibility index (Phi) is 7.33. The van der Waals surface area contributed by atoms with Crippen molar-refractivity contribution in [1.82, 2.24) is 0 Å². The highest BCUT2D eigenvalue weighted by molar-refractivity contribution is 9.09. The first kappa shape index (κ1) is 16.0. The van der Waals surface area contributed by atoms with E-state index in [0.717, 1.165) is 28.6 Å². The first-order valence-corrected chi connectivity index (χ1v) is 8.31. The molecule has 0 aliphatic carbocycles. The maximum Gasteiger partial charge on any atom is 0.0408 e. The summed E-state index contributed by atoms with van der Waals surface area (Å²) in [4.78, 5) is 0. The fourth-order valence-electron chi connectivity index (χ4n) is 2.67. The van der Waals surface area contributed by atoms with Gasteiger partial charge in [-0.1, -0.05) is 60.4 Å². The van der Waals surface area contributed by atoms with Gasteiger partial charge in [0.25, 0.3) is 0 Å². The molecule has 102 valence electrons. The van der Waals surface area contributed by atoms with Gasteiger partial charge < -0.3 is 0 Å². The number of alkyl halides is 1. The molecule has 0 aliphatic rings. The number of hydrogen-bond donors (Lipinski definition) is 0. The maximum absolute atomic E-state index is 6.03. The van der Waals surface area contributed by atoms with Crippen LogP contribution in [0.4, 0.5) is 0 Å². The van der Waals surface area contributed by atoms with Gasteiger partial charge in [-0.3, -0.25) is 0 Å². The lowest BCUT2D eigenvalue weighted by Gasteiger charge is -2.20. The second-order valence-electron chi connectivity index (χ2n) is 5.82. The fourth-order valence-corrected chi connectivity index (χ4v) is 3.37. The van der Waals surface area contributed by atoms with Crippen molar-refractivity contribution >= 4 is 27.5 Å². The van der Waals surface area contributed by atoms with E-state index >= 15 is 0 Å². The van der Waals surface area contributed by atoms with Gasteiger partial charge in [0, 0.05) is 10.4 Å². The van der Waals surface area contributed by atoms with Crippen molar-refractivity contribution in [1.29, 1.82) is 0 Å². The van der Waals surface area contributed by atoms with E-state index in [0.29, 0.717) is 5.92 Å². The third-order valence-corrected chi connectivity index (χ3v) is 4.39. The monoisotopic (exact) mass is 330 g/mol. The zero-order chi connectivity index (χ0) is 13.5. The number of benzene rings is 1. The van der Waals surface area contributed by atoms with Crippen LogP contribution in [0.25, 0.3) is 0 Å². The Morgan fingerprint density at radius 1 is 1.17 bits per heavy atom. The summed E-state index contributed by atoms with van der Waals surface area (Å²) in [5.74, 6) is 2.30. The lowest BCUT2D eigenvalue weighted by atomic mass is 9.87. The van der Waals surface area contributed by atoms with Crippen molar-refractivity contribution in [2.45, 2.75) is 40.0 Å². The molecule has 0 N–H and O–H groups in total. The third-order valence-electron chi connectivity index (χ3n) is 3.24. The second-order valence-corrected chi connectivity index (χ2v) is 6.91. The standard InChI is InChI=1S/C16H24BrCl/c1-12(2)7-13(3)8-15(11-17)9-14-5-4-6-16(18)10-14/h4-6,10,12-13,15H,7-9,11H2,1-3H3. The Balaban J connectivity index is 2.51. The van der Waals surface area contributed by atoms with E-state index in [1.54, 1.807) is 0 Å². The van der Waals surface area contributed by atoms with E-state index in [-0.39, 0.29) is 0 Å². The van der Waals surface area contributed by atoms with Crippen molar-refractivity contribution in [3.63, 3.8) is 0 Å². The molecule has 0 aromatic heterocycles. The highest BCUT2D eigenvalue weighted by Crippen LogP contribution is 2.24. The molecule has 1 aromatic carbocycles. The van der Waals surface area contributed by atoms with Crippen LogP contribution in [-0.4, -0.2) is 5.33 Å². The summed E-state index contributed by atoms with van der Waals surface area (Å²) in [6, 6.07) is 8.25. The highest BCUT2D eigenvalue weighted by atomic mass is 79.9. The molecule has 1 aromatic rings. The van der Waals surface area contributed by atoms with Gasteiger partial charge >= 0.3 is 0 Å². The molecule has 18 heavy (non-hydrogen) atoms. The van der Waals surface area contributed by atoms with E-state index in [1.807, 2.05) is 12.1 Å². The van der Waals surface area contributed by atoms with Gasteiger partial charge in [0.2, 0.25) is 0 Å². The Bertz CT molecular complexity index is 349. The van der Waals surface area contributed by atoms with E-state index in [9.17, 15) is 0 Å². The van der Waals surface area contributed by atoms with Gasteiger partial charge in [-0.15, -0.1) is 0 Å². The minimum absolute atomic E-state index is 0.706. The van der Waals surface area contributed by atoms with Crippen LogP contribution in [0.5, 0.6) is 0 Å². The summed E-state index contributed by atoms with van der Waals surface area (Å²) >= 11 is 9.69. The van der Waals surface area contributed by atoms with Gasteiger partial charge in [0.15, 0.2) is 0 Å². The molecule has 1 rings (SSSR count). The third kappa shape index (κ3) is 6.24. The van der Waals surface area contributed by atoms with Crippen LogP contribution in [-0.2, 0) is 6.42 Å². The summed E-state index contributed by atoms with van der Waals surface area (Å²) in [5, 5.41) is 1.91. The quantitative estimate of drug-likeness (QED) is 0.540. The van der Waals surface area contributed by atoms with Crippen LogP contribution in [0.15, 0.2) is 24.3 Å². The average molecular weight is 332 g/mol. The largest absolute Gasteiger partial charge is 0.0925 e. The molecule has 0 saturated carbocycles. The Morgan fingerprint density at radius 2 is 1.89 bits per heavy atom. The predicted molar refractivity (Wildman–Crippen MR) is 85.7 cm³/mol. The van der Waals surface area contributed by atoms with E-state index in [2.05, 4.69) is 48.8 Å². The highest BCUT2D eigenvalue weighted by Gasteiger charge is 2.14. The minimum Gasteiger partial charge on any atom is -0.0925 e. The molecule has 0 spiro atoms. The van der Waals surface area contributed by atoms with Crippen molar-refractivity contribution in [2.75, 3.05) is 5.33 Å². The van der Waals surface area contributed by atoms with E-state index in [4.69, 9.17) is 11.6 Å². The summed E-state index contributed by atoms with van der Waals surface area (Å²) in [6.07, 6.45) is 3.73. The lowest BCUT2D eigenvalue weighted by molar-refractivity contribution is 0.358. The van der Waals surface area contributed by atoms with Crippen LogP contribution < -0.4 is 0 Å². The molecule has 0 amide bonds. The molecule has 0 saturated heterocycles. The van der Waals surface area contributed by atoms with E-state index in [1.165, 1.54) is 18.4 Å². The van der Waals surface area contributed by atoms with Crippen LogP contribution >= 0.6 is 27.5 Å². The first-order valence-electron chi connectivity index (χ1n) is 6.81. The minimum atomic E-state index is 0.706. The summed E-state index contributed by atoms with van der Waals surface area (Å²) < 4.78 is 0. The lowest BCUT2D eigenvalue weighted by Crippen LogP contribution is -2.12. The Morgan fingerprint density at radius 3 is 2.44 bits per heavy atom. The maximum atomic E-state index is 6.03. The molecule has 0 heterocycles. The molecule has 0 nitrogen and oxygen atoms in total. The van der Waals surface area contributed by atoms with Crippen molar-refractivity contribution in [3.05, 3.63) is 34.9 Å². The fraction of sp³-hybridized carbons (Fsp3) is 0.625.